The van der Waals surface area contributed by atoms with Crippen molar-refractivity contribution in [1.29, 1.82) is 0 Å². The van der Waals surface area contributed by atoms with E-state index >= 15 is 0 Å². The lowest BCUT2D eigenvalue weighted by molar-refractivity contribution is -0.137. The van der Waals surface area contributed by atoms with Crippen molar-refractivity contribution in [2.24, 2.45) is 0 Å². The molecule has 1 aromatic carbocycles. The number of nitrogens with zero attached hydrogens (tertiary/aromatic N) is 5. The third kappa shape index (κ3) is 3.11. The summed E-state index contributed by atoms with van der Waals surface area (Å²) in [5.74, 6) is 0.0583. The van der Waals surface area contributed by atoms with Crippen LogP contribution in [0, 0.1) is 0 Å². The summed E-state index contributed by atoms with van der Waals surface area (Å²) in [7, 11) is 0. The highest BCUT2D eigenvalue weighted by Crippen LogP contribution is 2.35. The number of anilines is 2. The second-order valence-electron chi connectivity index (χ2n) is 7.51. The van der Waals surface area contributed by atoms with E-state index in [4.69, 9.17) is 5.73 Å². The van der Waals surface area contributed by atoms with E-state index in [0.717, 1.165) is 17.7 Å². The maximum Gasteiger partial charge on any atom is 0.416 e. The van der Waals surface area contributed by atoms with Gasteiger partial charge < -0.3 is 15.0 Å². The second kappa shape index (κ2) is 6.59. The normalized spacial score (nSPS) is 16.7. The number of rotatable bonds is 2. The summed E-state index contributed by atoms with van der Waals surface area (Å²) < 4.78 is 42.1. The summed E-state index contributed by atoms with van der Waals surface area (Å²) in [5, 5.41) is 4.40. The number of amides is 1. The van der Waals surface area contributed by atoms with E-state index in [2.05, 4.69) is 10.1 Å². The predicted molar refractivity (Wildman–Crippen MR) is 109 cm³/mol. The molecule has 0 radical (unpaired) electrons. The van der Waals surface area contributed by atoms with Crippen LogP contribution in [0.4, 0.5) is 24.7 Å². The van der Waals surface area contributed by atoms with Gasteiger partial charge in [0.25, 0.3) is 5.91 Å². The van der Waals surface area contributed by atoms with E-state index in [0.29, 0.717) is 35.0 Å². The Kier molecular flexibility index (Phi) is 4.07. The van der Waals surface area contributed by atoms with E-state index in [-0.39, 0.29) is 11.9 Å². The maximum absolute atomic E-state index is 13.4. The molecule has 0 aliphatic carbocycles. The molecular weight excluding hydrogens is 409 g/mol. The van der Waals surface area contributed by atoms with Crippen molar-refractivity contribution < 1.29 is 18.0 Å². The minimum atomic E-state index is -4.43. The molecule has 158 valence electrons. The van der Waals surface area contributed by atoms with Crippen molar-refractivity contribution in [1.82, 2.24) is 19.2 Å². The highest BCUT2D eigenvalue weighted by atomic mass is 19.4. The summed E-state index contributed by atoms with van der Waals surface area (Å²) >= 11 is 0. The number of hydrogen-bond donors (Lipinski definition) is 1. The van der Waals surface area contributed by atoms with E-state index in [1.54, 1.807) is 27.5 Å². The Hall–Kier alpha value is -3.82. The second-order valence-corrected chi connectivity index (χ2v) is 7.51. The number of imidazole rings is 1. The van der Waals surface area contributed by atoms with Gasteiger partial charge in [-0.15, -0.1) is 0 Å². The molecule has 0 fully saturated rings. The number of carbonyl (C=O) groups excluding carboxylic acids is 1. The van der Waals surface area contributed by atoms with Crippen LogP contribution < -0.4 is 10.6 Å². The van der Waals surface area contributed by atoms with Crippen LogP contribution in [0.1, 0.15) is 29.0 Å². The lowest BCUT2D eigenvalue weighted by Gasteiger charge is -2.32. The quantitative estimate of drug-likeness (QED) is 0.525. The van der Waals surface area contributed by atoms with Gasteiger partial charge in [-0.1, -0.05) is 0 Å². The fourth-order valence-corrected chi connectivity index (χ4v) is 3.90. The van der Waals surface area contributed by atoms with Crippen molar-refractivity contribution >= 4 is 23.1 Å². The van der Waals surface area contributed by atoms with Gasteiger partial charge in [-0.3, -0.25) is 9.48 Å². The zero-order valence-corrected chi connectivity index (χ0v) is 16.3. The zero-order valence-electron chi connectivity index (χ0n) is 16.3. The van der Waals surface area contributed by atoms with Crippen molar-refractivity contribution in [2.75, 3.05) is 17.2 Å². The Morgan fingerprint density at radius 1 is 1.10 bits per heavy atom. The van der Waals surface area contributed by atoms with Crippen LogP contribution in [0.5, 0.6) is 0 Å². The Morgan fingerprint density at radius 3 is 2.55 bits per heavy atom. The number of benzene rings is 1. The lowest BCUT2D eigenvalue weighted by Crippen LogP contribution is -2.42. The van der Waals surface area contributed by atoms with Gasteiger partial charge in [0.05, 0.1) is 24.0 Å². The molecule has 0 saturated heterocycles. The number of halogens is 3. The SMILES string of the molecule is C[C@H]1CN(c2ccc(C(F)(F)F)cc2)C(=O)c2c(-c3ccc4nc(N)cn4c3)cnn21. The summed E-state index contributed by atoms with van der Waals surface area (Å²) in [6, 6.07) is 8.07. The first-order valence-electron chi connectivity index (χ1n) is 9.53. The topological polar surface area (TPSA) is 81.4 Å². The van der Waals surface area contributed by atoms with Gasteiger partial charge in [0, 0.05) is 29.6 Å². The standard InChI is InChI=1S/C21H17F3N6O/c1-12-9-29(15-5-3-14(4-6-15)21(22,23)24)20(31)19-16(8-26-30(12)19)13-2-7-18-27-17(25)11-28(18)10-13/h2-8,10-12H,9,25H2,1H3/t12-/m0/s1. The molecule has 0 spiro atoms. The number of nitrogens with two attached hydrogens (primary N) is 1. The molecule has 1 aliphatic rings. The Balaban J connectivity index is 1.56. The molecule has 5 rings (SSSR count). The molecule has 2 N–H and O–H groups in total. The third-order valence-electron chi connectivity index (χ3n) is 5.39. The van der Waals surface area contributed by atoms with Gasteiger partial charge in [0.1, 0.15) is 17.2 Å². The number of hydrogen-bond acceptors (Lipinski definition) is 4. The van der Waals surface area contributed by atoms with E-state index in [1.165, 1.54) is 17.0 Å². The molecule has 7 nitrogen and oxygen atoms in total. The average Bonchev–Trinajstić information content (AvgIpc) is 3.33. The molecule has 3 aromatic heterocycles. The van der Waals surface area contributed by atoms with E-state index < -0.39 is 11.7 Å². The van der Waals surface area contributed by atoms with Gasteiger partial charge in [0.2, 0.25) is 0 Å². The molecule has 1 atom stereocenters. The summed E-state index contributed by atoms with van der Waals surface area (Å²) in [5.41, 5.74) is 7.83. The third-order valence-corrected chi connectivity index (χ3v) is 5.39. The molecule has 10 heteroatoms. The van der Waals surface area contributed by atoms with Crippen LogP contribution in [0.2, 0.25) is 0 Å². The Morgan fingerprint density at radius 2 is 1.84 bits per heavy atom. The minimum absolute atomic E-state index is 0.156. The van der Waals surface area contributed by atoms with Gasteiger partial charge in [0.15, 0.2) is 0 Å². The first-order valence-corrected chi connectivity index (χ1v) is 9.53. The van der Waals surface area contributed by atoms with Crippen molar-refractivity contribution in [3.63, 3.8) is 0 Å². The summed E-state index contributed by atoms with van der Waals surface area (Å²) in [4.78, 5) is 19.0. The highest BCUT2D eigenvalue weighted by Gasteiger charge is 2.35. The average molecular weight is 426 g/mol. The summed E-state index contributed by atoms with van der Waals surface area (Å²) in [6.45, 7) is 2.21. The molecule has 4 heterocycles. The molecule has 0 unspecified atom stereocenters. The largest absolute Gasteiger partial charge is 0.416 e. The molecule has 31 heavy (non-hydrogen) atoms. The number of aromatic nitrogens is 4. The van der Waals surface area contributed by atoms with E-state index in [1.807, 2.05) is 19.2 Å². The summed E-state index contributed by atoms with van der Waals surface area (Å²) in [6.07, 6.45) is 0.680. The van der Waals surface area contributed by atoms with Gasteiger partial charge >= 0.3 is 6.18 Å². The first kappa shape index (κ1) is 19.2. The van der Waals surface area contributed by atoms with Crippen LogP contribution in [0.3, 0.4) is 0 Å². The lowest BCUT2D eigenvalue weighted by atomic mass is 10.0. The number of carbonyl (C=O) groups is 1. The van der Waals surface area contributed by atoms with Crippen LogP contribution in [-0.4, -0.2) is 31.6 Å². The minimum Gasteiger partial charge on any atom is -0.382 e. The van der Waals surface area contributed by atoms with Crippen LogP contribution in [0.15, 0.2) is 55.0 Å². The van der Waals surface area contributed by atoms with Gasteiger partial charge in [-0.2, -0.15) is 18.3 Å². The maximum atomic E-state index is 13.4. The number of fused-ring (bicyclic) bond motifs is 2. The van der Waals surface area contributed by atoms with Gasteiger partial charge in [-0.25, -0.2) is 4.98 Å². The first-order chi connectivity index (χ1) is 14.7. The molecule has 0 bridgehead atoms. The number of pyridine rings is 1. The van der Waals surface area contributed by atoms with Gasteiger partial charge in [-0.05, 0) is 43.3 Å². The molecular formula is C21H17F3N6O. The molecule has 1 aliphatic heterocycles. The van der Waals surface area contributed by atoms with Crippen LogP contribution in [-0.2, 0) is 6.18 Å². The molecule has 4 aromatic rings. The molecule has 1 amide bonds. The Bertz CT molecular complexity index is 1310. The zero-order chi connectivity index (χ0) is 21.9. The highest BCUT2D eigenvalue weighted by molar-refractivity contribution is 6.09. The van der Waals surface area contributed by atoms with Crippen molar-refractivity contribution in [3.8, 4) is 11.1 Å². The fraction of sp³-hybridized carbons (Fsp3) is 0.190. The number of nitrogen functional groups attached to an aromatic ring is 1. The Labute approximate surface area is 174 Å². The van der Waals surface area contributed by atoms with Crippen LogP contribution in [0.25, 0.3) is 16.8 Å². The van der Waals surface area contributed by atoms with Crippen LogP contribution >= 0.6 is 0 Å². The monoisotopic (exact) mass is 426 g/mol. The van der Waals surface area contributed by atoms with E-state index in [9.17, 15) is 18.0 Å². The van der Waals surface area contributed by atoms with Crippen molar-refractivity contribution in [2.45, 2.75) is 19.1 Å². The fourth-order valence-electron chi connectivity index (χ4n) is 3.90. The smallest absolute Gasteiger partial charge is 0.382 e. The molecule has 0 saturated carbocycles. The van der Waals surface area contributed by atoms with Crippen molar-refractivity contribution in [3.05, 3.63) is 66.2 Å². The predicted octanol–water partition coefficient (Wildman–Crippen LogP) is 4.02. The number of alkyl halides is 3.